The van der Waals surface area contributed by atoms with Gasteiger partial charge in [0.15, 0.2) is 0 Å². The predicted octanol–water partition coefficient (Wildman–Crippen LogP) is 4.36. The largest absolute Gasteiger partial charge is 0.384 e. The Hall–Kier alpha value is -3.84. The van der Waals surface area contributed by atoms with E-state index >= 15 is 0 Å². The summed E-state index contributed by atoms with van der Waals surface area (Å²) in [5.74, 6) is 0.811. The summed E-state index contributed by atoms with van der Waals surface area (Å²) >= 11 is 0. The first-order valence-electron chi connectivity index (χ1n) is 16.7. The minimum absolute atomic E-state index is 0.0000856. The number of nitrogens with zero attached hydrogens (tertiary/aromatic N) is 5. The van der Waals surface area contributed by atoms with Crippen LogP contribution in [0.15, 0.2) is 53.6 Å². The maximum absolute atomic E-state index is 13.9. The number of nitrogens with two attached hydrogens (primary N) is 1. The van der Waals surface area contributed by atoms with Crippen molar-refractivity contribution in [2.45, 2.75) is 77.2 Å². The number of imidazole rings is 1. The molecule has 1 atom stereocenters. The first kappa shape index (κ1) is 33.1. The third-order valence-corrected chi connectivity index (χ3v) is 10.8. The van der Waals surface area contributed by atoms with Gasteiger partial charge < -0.3 is 29.7 Å². The molecule has 3 N–H and O–H groups in total. The zero-order valence-electron chi connectivity index (χ0n) is 28.0. The summed E-state index contributed by atoms with van der Waals surface area (Å²) in [6, 6.07) is 13.5. The molecule has 1 aliphatic carbocycles. The molecule has 1 aromatic carbocycles. The van der Waals surface area contributed by atoms with E-state index in [0.717, 1.165) is 36.0 Å². The van der Waals surface area contributed by atoms with Crippen LogP contribution in [0.25, 0.3) is 33.7 Å². The summed E-state index contributed by atoms with van der Waals surface area (Å²) in [6.07, 6.45) is 6.27. The molecule has 2 aliphatic rings. The summed E-state index contributed by atoms with van der Waals surface area (Å²) in [4.78, 5) is 38.5. The lowest BCUT2D eigenvalue weighted by atomic mass is 10.0. The highest BCUT2D eigenvalue weighted by Gasteiger charge is 2.35. The second-order valence-corrected chi connectivity index (χ2v) is 19.5. The number of nitrogen functional groups attached to an aromatic ring is 1. The van der Waals surface area contributed by atoms with Crippen molar-refractivity contribution in [2.75, 3.05) is 38.6 Å². The quantitative estimate of drug-likeness (QED) is 0.160. The van der Waals surface area contributed by atoms with Crippen molar-refractivity contribution in [3.8, 4) is 22.6 Å². The highest BCUT2D eigenvalue weighted by Crippen LogP contribution is 2.30. The average Bonchev–Trinajstić information content (AvgIpc) is 3.80. The first-order valence-corrected chi connectivity index (χ1v) is 20.5. The molecule has 12 heteroatoms. The predicted molar refractivity (Wildman–Crippen MR) is 188 cm³/mol. The molecule has 6 rings (SSSR count). The lowest BCUT2D eigenvalue weighted by Gasteiger charge is -2.35. The van der Waals surface area contributed by atoms with Gasteiger partial charge in [-0.25, -0.2) is 9.97 Å². The minimum atomic E-state index is -1.22. The Morgan fingerprint density at radius 2 is 1.94 bits per heavy atom. The van der Waals surface area contributed by atoms with Gasteiger partial charge in [0, 0.05) is 58.3 Å². The van der Waals surface area contributed by atoms with Crippen LogP contribution in [0.2, 0.25) is 25.7 Å². The number of hydrogen-bond donors (Lipinski definition) is 2. The monoisotopic (exact) mass is 657 g/mol. The maximum atomic E-state index is 13.9. The van der Waals surface area contributed by atoms with Gasteiger partial charge in [-0.05, 0) is 43.5 Å². The molecule has 0 spiro atoms. The fourth-order valence-electron chi connectivity index (χ4n) is 6.21. The van der Waals surface area contributed by atoms with Crippen LogP contribution < -0.4 is 16.5 Å². The van der Waals surface area contributed by atoms with Crippen molar-refractivity contribution in [3.05, 3.63) is 64.6 Å². The van der Waals surface area contributed by atoms with Gasteiger partial charge in [-0.2, -0.15) is 0 Å². The van der Waals surface area contributed by atoms with Crippen molar-refractivity contribution in [2.24, 2.45) is 0 Å². The minimum Gasteiger partial charge on any atom is -0.384 e. The number of pyridine rings is 2. The molecule has 47 heavy (non-hydrogen) atoms. The van der Waals surface area contributed by atoms with E-state index in [1.54, 1.807) is 6.20 Å². The Balaban J connectivity index is 1.16. The van der Waals surface area contributed by atoms with E-state index < -0.39 is 8.07 Å². The second-order valence-electron chi connectivity index (χ2n) is 13.8. The summed E-state index contributed by atoms with van der Waals surface area (Å²) in [5, 5.41) is 3.59. The normalized spacial score (nSPS) is 17.3. The lowest BCUT2D eigenvalue weighted by Crippen LogP contribution is -2.52. The number of amides is 1. The molecule has 11 nitrogen and oxygen atoms in total. The fourth-order valence-corrected chi connectivity index (χ4v) is 6.97. The van der Waals surface area contributed by atoms with Crippen molar-refractivity contribution in [3.63, 3.8) is 0 Å². The van der Waals surface area contributed by atoms with Gasteiger partial charge in [-0.15, -0.1) is 0 Å². The van der Waals surface area contributed by atoms with Crippen LogP contribution in [0.5, 0.6) is 0 Å². The lowest BCUT2D eigenvalue weighted by molar-refractivity contribution is -0.121. The number of carbonyl (C=O) groups is 1. The van der Waals surface area contributed by atoms with Gasteiger partial charge in [-0.3, -0.25) is 14.5 Å². The van der Waals surface area contributed by atoms with Crippen LogP contribution in [0.3, 0.4) is 0 Å². The van der Waals surface area contributed by atoms with Crippen molar-refractivity contribution in [1.82, 2.24) is 29.3 Å². The summed E-state index contributed by atoms with van der Waals surface area (Å²) in [5.41, 5.74) is 9.87. The maximum Gasteiger partial charge on any atom is 0.224 e. The molecule has 250 valence electrons. The SMILES string of the molecule is CCn1c(N)c(-c2nccn2COCC[Si](C)(C)C)c(=O)c2ccc(-c3ccc(CC(=O)NCC4COCCN4C4CC4)cc3)nc21. The number of morpholine rings is 1. The molecular weight excluding hydrogens is 611 g/mol. The van der Waals surface area contributed by atoms with Crippen LogP contribution in [-0.2, 0) is 34.0 Å². The van der Waals surface area contributed by atoms with Gasteiger partial charge >= 0.3 is 0 Å². The van der Waals surface area contributed by atoms with Crippen molar-refractivity contribution < 1.29 is 14.3 Å². The van der Waals surface area contributed by atoms with Gasteiger partial charge in [0.05, 0.1) is 36.8 Å². The average molecular weight is 658 g/mol. The zero-order chi connectivity index (χ0) is 33.1. The Morgan fingerprint density at radius 3 is 2.66 bits per heavy atom. The molecule has 1 aliphatic heterocycles. The molecule has 0 radical (unpaired) electrons. The number of fused-ring (bicyclic) bond motifs is 1. The number of rotatable bonds is 13. The van der Waals surface area contributed by atoms with E-state index in [1.165, 1.54) is 12.8 Å². The fraction of sp³-hybridized carbons (Fsp3) is 0.486. The number of benzene rings is 1. The molecule has 1 saturated carbocycles. The van der Waals surface area contributed by atoms with Crippen LogP contribution in [0.4, 0.5) is 5.82 Å². The van der Waals surface area contributed by atoms with E-state index in [1.807, 2.05) is 58.7 Å². The van der Waals surface area contributed by atoms with Gasteiger partial charge in [0.25, 0.3) is 0 Å². The number of aromatic nitrogens is 4. The Morgan fingerprint density at radius 1 is 1.15 bits per heavy atom. The Labute approximate surface area is 277 Å². The Kier molecular flexibility index (Phi) is 9.92. The number of anilines is 1. The molecule has 4 aromatic rings. The number of aryl methyl sites for hydroxylation is 1. The first-order chi connectivity index (χ1) is 22.6. The molecule has 3 aromatic heterocycles. The highest BCUT2D eigenvalue weighted by atomic mass is 28.3. The third-order valence-electron chi connectivity index (χ3n) is 9.07. The van der Waals surface area contributed by atoms with Crippen LogP contribution in [0.1, 0.15) is 25.3 Å². The summed E-state index contributed by atoms with van der Waals surface area (Å²) in [6.45, 7) is 13.4. The number of nitrogens with one attached hydrogen (secondary N) is 1. The van der Waals surface area contributed by atoms with E-state index in [2.05, 4.69) is 34.8 Å². The topological polar surface area (TPSA) is 130 Å². The molecule has 1 unspecified atom stereocenters. The smallest absolute Gasteiger partial charge is 0.224 e. The summed E-state index contributed by atoms with van der Waals surface area (Å²) < 4.78 is 15.3. The van der Waals surface area contributed by atoms with E-state index in [-0.39, 0.29) is 17.4 Å². The number of carbonyl (C=O) groups excluding carboxylic acids is 1. The van der Waals surface area contributed by atoms with Crippen LogP contribution in [0, 0.1) is 0 Å². The van der Waals surface area contributed by atoms with Crippen LogP contribution in [-0.4, -0.2) is 83.0 Å². The Bertz CT molecular complexity index is 1780. The number of hydrogen-bond acceptors (Lipinski definition) is 8. The van der Waals surface area contributed by atoms with E-state index in [0.29, 0.717) is 73.7 Å². The van der Waals surface area contributed by atoms with Crippen molar-refractivity contribution >= 4 is 30.8 Å². The summed E-state index contributed by atoms with van der Waals surface area (Å²) in [7, 11) is -1.22. The van der Waals surface area contributed by atoms with Crippen LogP contribution >= 0.6 is 0 Å². The van der Waals surface area contributed by atoms with Gasteiger partial charge in [0.1, 0.15) is 29.6 Å². The standard InChI is InChI=1S/C35H47N7O4Si/c1-5-41-33(36)31(35-37-14-15-40(35)23-46-18-19-47(2,3)4)32(44)28-12-13-29(39-34(28)41)25-8-6-24(7-9-25)20-30(43)38-21-27-22-45-17-16-42(27)26-10-11-26/h6-9,12-15,26-27H,5,10-11,16-23,36H2,1-4H3,(H,38,43). The molecule has 4 heterocycles. The molecule has 1 saturated heterocycles. The third kappa shape index (κ3) is 7.67. The van der Waals surface area contributed by atoms with Gasteiger partial charge in [-0.1, -0.05) is 43.9 Å². The molecule has 1 amide bonds. The highest BCUT2D eigenvalue weighted by molar-refractivity contribution is 6.76. The van der Waals surface area contributed by atoms with Crippen molar-refractivity contribution in [1.29, 1.82) is 0 Å². The number of ether oxygens (including phenoxy) is 2. The molecule has 2 fully saturated rings. The van der Waals surface area contributed by atoms with Gasteiger partial charge in [0.2, 0.25) is 11.3 Å². The molecule has 0 bridgehead atoms. The molecular formula is C35H47N7O4Si. The van der Waals surface area contributed by atoms with E-state index in [9.17, 15) is 9.59 Å². The van der Waals surface area contributed by atoms with E-state index in [4.69, 9.17) is 20.2 Å². The second kappa shape index (κ2) is 14.1. The zero-order valence-corrected chi connectivity index (χ0v) is 29.0.